The Bertz CT molecular complexity index is 151. The molecule has 70 valence electrons. The van der Waals surface area contributed by atoms with E-state index < -0.39 is 0 Å². The maximum absolute atomic E-state index is 11.4. The molecule has 1 aliphatic rings. The zero-order valence-corrected chi connectivity index (χ0v) is 8.97. The first-order valence-corrected chi connectivity index (χ1v) is 5.46. The molecule has 1 unspecified atom stereocenters. The molecule has 0 amide bonds. The van der Waals surface area contributed by atoms with E-state index in [-0.39, 0.29) is 16.9 Å². The molecule has 0 bridgehead atoms. The standard InChI is InChI=1S/C9H15BrO2/c1-7(10)12-9(11)8-5-3-2-4-6-8/h7-8H,2-6H2,1H3. The summed E-state index contributed by atoms with van der Waals surface area (Å²) in [6, 6.07) is 0. The maximum Gasteiger partial charge on any atom is 0.310 e. The third kappa shape index (κ3) is 3.13. The fraction of sp³-hybridized carbons (Fsp3) is 0.889. The van der Waals surface area contributed by atoms with E-state index in [2.05, 4.69) is 15.9 Å². The van der Waals surface area contributed by atoms with Crippen molar-refractivity contribution in [2.75, 3.05) is 0 Å². The molecule has 0 aromatic rings. The zero-order chi connectivity index (χ0) is 8.97. The van der Waals surface area contributed by atoms with E-state index in [0.717, 1.165) is 12.8 Å². The minimum absolute atomic E-state index is 0.0286. The van der Waals surface area contributed by atoms with Crippen molar-refractivity contribution in [3.05, 3.63) is 0 Å². The second-order valence-electron chi connectivity index (χ2n) is 3.31. The predicted molar refractivity (Wildman–Crippen MR) is 51.1 cm³/mol. The number of carbonyl (C=O) groups is 1. The van der Waals surface area contributed by atoms with Crippen LogP contribution in [0.25, 0.3) is 0 Å². The van der Waals surface area contributed by atoms with Gasteiger partial charge < -0.3 is 4.74 Å². The first-order valence-electron chi connectivity index (χ1n) is 4.54. The van der Waals surface area contributed by atoms with Crippen LogP contribution >= 0.6 is 15.9 Å². The lowest BCUT2D eigenvalue weighted by Crippen LogP contribution is -2.22. The molecule has 0 N–H and O–H groups in total. The van der Waals surface area contributed by atoms with Crippen LogP contribution < -0.4 is 0 Å². The van der Waals surface area contributed by atoms with Gasteiger partial charge in [-0.05, 0) is 35.7 Å². The lowest BCUT2D eigenvalue weighted by molar-refractivity contribution is -0.150. The second kappa shape index (κ2) is 4.85. The smallest absolute Gasteiger partial charge is 0.310 e. The summed E-state index contributed by atoms with van der Waals surface area (Å²) in [5, 5.41) is -0.146. The summed E-state index contributed by atoms with van der Waals surface area (Å²) < 4.78 is 5.07. The normalized spacial score (nSPS) is 21.8. The van der Waals surface area contributed by atoms with Gasteiger partial charge in [0.05, 0.1) is 5.92 Å². The van der Waals surface area contributed by atoms with Crippen molar-refractivity contribution in [2.24, 2.45) is 5.92 Å². The van der Waals surface area contributed by atoms with Gasteiger partial charge in [-0.1, -0.05) is 19.3 Å². The van der Waals surface area contributed by atoms with Crippen molar-refractivity contribution in [3.8, 4) is 0 Å². The highest BCUT2D eigenvalue weighted by Crippen LogP contribution is 2.25. The van der Waals surface area contributed by atoms with Crippen LogP contribution in [0.2, 0.25) is 0 Å². The van der Waals surface area contributed by atoms with Gasteiger partial charge in [0.15, 0.2) is 5.01 Å². The van der Waals surface area contributed by atoms with Crippen LogP contribution in [0, 0.1) is 5.92 Å². The summed E-state index contributed by atoms with van der Waals surface area (Å²) in [6.45, 7) is 1.82. The number of hydrogen-bond acceptors (Lipinski definition) is 2. The van der Waals surface area contributed by atoms with Gasteiger partial charge in [0.2, 0.25) is 0 Å². The molecule has 0 radical (unpaired) electrons. The van der Waals surface area contributed by atoms with E-state index in [4.69, 9.17) is 4.74 Å². The Morgan fingerprint density at radius 2 is 2.00 bits per heavy atom. The Morgan fingerprint density at radius 3 is 2.50 bits per heavy atom. The van der Waals surface area contributed by atoms with E-state index in [1.807, 2.05) is 6.92 Å². The van der Waals surface area contributed by atoms with Crippen LogP contribution in [0.3, 0.4) is 0 Å². The molecule has 0 aromatic heterocycles. The first-order chi connectivity index (χ1) is 5.70. The molecule has 0 spiro atoms. The number of ether oxygens (including phenoxy) is 1. The van der Waals surface area contributed by atoms with Gasteiger partial charge in [0.25, 0.3) is 0 Å². The van der Waals surface area contributed by atoms with Gasteiger partial charge in [-0.3, -0.25) is 4.79 Å². The van der Waals surface area contributed by atoms with E-state index in [0.29, 0.717) is 0 Å². The number of halogens is 1. The van der Waals surface area contributed by atoms with E-state index in [9.17, 15) is 4.79 Å². The quantitative estimate of drug-likeness (QED) is 0.543. The Labute approximate surface area is 81.8 Å². The number of carbonyl (C=O) groups excluding carboxylic acids is 1. The molecule has 1 aliphatic carbocycles. The molecule has 0 aliphatic heterocycles. The van der Waals surface area contributed by atoms with Crippen molar-refractivity contribution in [2.45, 2.75) is 44.0 Å². The molecular formula is C9H15BrO2. The van der Waals surface area contributed by atoms with Crippen LogP contribution in [0.1, 0.15) is 39.0 Å². The van der Waals surface area contributed by atoms with Crippen LogP contribution in [0.5, 0.6) is 0 Å². The van der Waals surface area contributed by atoms with E-state index in [1.165, 1.54) is 19.3 Å². The van der Waals surface area contributed by atoms with Gasteiger partial charge >= 0.3 is 5.97 Å². The van der Waals surface area contributed by atoms with Gasteiger partial charge in [0.1, 0.15) is 0 Å². The highest BCUT2D eigenvalue weighted by Gasteiger charge is 2.23. The molecular weight excluding hydrogens is 220 g/mol. The molecule has 0 aromatic carbocycles. The Morgan fingerprint density at radius 1 is 1.42 bits per heavy atom. The third-order valence-electron chi connectivity index (χ3n) is 2.22. The number of alkyl halides is 1. The number of hydrogen-bond donors (Lipinski definition) is 0. The van der Waals surface area contributed by atoms with Crippen molar-refractivity contribution in [1.29, 1.82) is 0 Å². The van der Waals surface area contributed by atoms with Crippen LogP contribution in [0.15, 0.2) is 0 Å². The minimum Gasteiger partial charge on any atom is -0.451 e. The molecule has 1 fully saturated rings. The average molecular weight is 235 g/mol. The van der Waals surface area contributed by atoms with Gasteiger partial charge in [-0.15, -0.1) is 0 Å². The molecule has 12 heavy (non-hydrogen) atoms. The highest BCUT2D eigenvalue weighted by atomic mass is 79.9. The van der Waals surface area contributed by atoms with Gasteiger partial charge in [-0.25, -0.2) is 0 Å². The Kier molecular flexibility index (Phi) is 4.06. The summed E-state index contributed by atoms with van der Waals surface area (Å²) in [5.41, 5.74) is 0. The van der Waals surface area contributed by atoms with Crippen molar-refractivity contribution in [3.63, 3.8) is 0 Å². The largest absolute Gasteiger partial charge is 0.451 e. The molecule has 1 rings (SSSR count). The second-order valence-corrected chi connectivity index (χ2v) is 4.60. The summed E-state index contributed by atoms with van der Waals surface area (Å²) in [5.74, 6) is 0.137. The monoisotopic (exact) mass is 234 g/mol. The number of rotatable bonds is 2. The maximum atomic E-state index is 11.4. The predicted octanol–water partition coefficient (Wildman–Crippen LogP) is 2.85. The van der Waals surface area contributed by atoms with Crippen molar-refractivity contribution >= 4 is 21.9 Å². The first kappa shape index (κ1) is 10.0. The lowest BCUT2D eigenvalue weighted by atomic mass is 9.89. The third-order valence-corrected chi connectivity index (χ3v) is 2.40. The Hall–Kier alpha value is -0.0500. The molecule has 1 atom stereocenters. The van der Waals surface area contributed by atoms with Gasteiger partial charge in [-0.2, -0.15) is 0 Å². The topological polar surface area (TPSA) is 26.3 Å². The lowest BCUT2D eigenvalue weighted by Gasteiger charge is -2.20. The van der Waals surface area contributed by atoms with Crippen LogP contribution in [-0.4, -0.2) is 11.0 Å². The fourth-order valence-electron chi connectivity index (χ4n) is 1.59. The fourth-order valence-corrected chi connectivity index (χ4v) is 1.78. The summed E-state index contributed by atoms with van der Waals surface area (Å²) in [7, 11) is 0. The molecule has 3 heteroatoms. The van der Waals surface area contributed by atoms with Crippen LogP contribution in [-0.2, 0) is 9.53 Å². The van der Waals surface area contributed by atoms with Gasteiger partial charge in [0, 0.05) is 0 Å². The van der Waals surface area contributed by atoms with E-state index >= 15 is 0 Å². The highest BCUT2D eigenvalue weighted by molar-refractivity contribution is 9.09. The number of esters is 1. The Balaban J connectivity index is 2.30. The zero-order valence-electron chi connectivity index (χ0n) is 7.38. The summed E-state index contributed by atoms with van der Waals surface area (Å²) >= 11 is 3.20. The summed E-state index contributed by atoms with van der Waals surface area (Å²) in [6.07, 6.45) is 5.65. The van der Waals surface area contributed by atoms with E-state index in [1.54, 1.807) is 0 Å². The van der Waals surface area contributed by atoms with Crippen molar-refractivity contribution in [1.82, 2.24) is 0 Å². The SMILES string of the molecule is CC(Br)OC(=O)C1CCCCC1. The molecule has 0 saturated heterocycles. The van der Waals surface area contributed by atoms with Crippen molar-refractivity contribution < 1.29 is 9.53 Å². The minimum atomic E-state index is -0.146. The molecule has 1 saturated carbocycles. The molecule has 0 heterocycles. The average Bonchev–Trinajstić information content (AvgIpc) is 2.05. The molecule has 2 nitrogen and oxygen atoms in total. The summed E-state index contributed by atoms with van der Waals surface area (Å²) in [4.78, 5) is 11.4. The van der Waals surface area contributed by atoms with Crippen LogP contribution in [0.4, 0.5) is 0 Å².